The molecular formula is C21H18N2O4. The molecule has 136 valence electrons. The Morgan fingerprint density at radius 2 is 1.78 bits per heavy atom. The number of pyridine rings is 1. The molecule has 2 heterocycles. The number of H-pyrrole nitrogens is 1. The van der Waals surface area contributed by atoms with E-state index >= 15 is 0 Å². The fourth-order valence-electron chi connectivity index (χ4n) is 3.88. The number of nitrogens with one attached hydrogen (secondary N) is 2. The normalized spacial score (nSPS) is 14.8. The van der Waals surface area contributed by atoms with Crippen LogP contribution in [0.5, 0.6) is 11.5 Å². The SMILES string of the molecule is O=C(Nc1ccc2c3c(c(=O)[nH]c2c1)CCCC3)c1ccc2c(c1)OCO2. The summed E-state index contributed by atoms with van der Waals surface area (Å²) in [5.41, 5.74) is 3.91. The summed E-state index contributed by atoms with van der Waals surface area (Å²) in [5, 5.41) is 3.94. The molecule has 0 spiro atoms. The zero-order valence-electron chi connectivity index (χ0n) is 14.6. The lowest BCUT2D eigenvalue weighted by Gasteiger charge is -2.17. The molecule has 27 heavy (non-hydrogen) atoms. The zero-order valence-corrected chi connectivity index (χ0v) is 14.6. The molecule has 1 aliphatic carbocycles. The molecule has 2 aliphatic rings. The van der Waals surface area contributed by atoms with Gasteiger partial charge in [0.2, 0.25) is 6.79 Å². The first-order valence-electron chi connectivity index (χ1n) is 9.08. The van der Waals surface area contributed by atoms with Crippen molar-refractivity contribution >= 4 is 22.5 Å². The fraction of sp³-hybridized carbons (Fsp3) is 0.238. The first kappa shape index (κ1) is 15.9. The lowest BCUT2D eigenvalue weighted by atomic mass is 9.90. The number of benzene rings is 2. The largest absolute Gasteiger partial charge is 0.454 e. The van der Waals surface area contributed by atoms with E-state index in [1.807, 2.05) is 18.2 Å². The molecule has 0 atom stereocenters. The van der Waals surface area contributed by atoms with E-state index in [2.05, 4.69) is 10.3 Å². The van der Waals surface area contributed by atoms with Gasteiger partial charge in [0.1, 0.15) is 0 Å². The van der Waals surface area contributed by atoms with Crippen molar-refractivity contribution in [2.75, 3.05) is 12.1 Å². The van der Waals surface area contributed by atoms with E-state index in [1.165, 1.54) is 0 Å². The van der Waals surface area contributed by atoms with Gasteiger partial charge < -0.3 is 19.8 Å². The lowest BCUT2D eigenvalue weighted by molar-refractivity contribution is 0.102. The maximum atomic E-state index is 12.6. The van der Waals surface area contributed by atoms with Crippen LogP contribution in [0.3, 0.4) is 0 Å². The van der Waals surface area contributed by atoms with E-state index in [-0.39, 0.29) is 18.3 Å². The van der Waals surface area contributed by atoms with Crippen LogP contribution in [0.15, 0.2) is 41.2 Å². The second kappa shape index (κ2) is 6.16. The molecule has 1 aliphatic heterocycles. The van der Waals surface area contributed by atoms with Gasteiger partial charge in [-0.15, -0.1) is 0 Å². The van der Waals surface area contributed by atoms with Crippen molar-refractivity contribution in [1.29, 1.82) is 0 Å². The van der Waals surface area contributed by atoms with Crippen LogP contribution in [0.2, 0.25) is 0 Å². The van der Waals surface area contributed by atoms with E-state index in [4.69, 9.17) is 9.47 Å². The summed E-state index contributed by atoms with van der Waals surface area (Å²) < 4.78 is 10.6. The van der Waals surface area contributed by atoms with Gasteiger partial charge in [0.15, 0.2) is 11.5 Å². The minimum Gasteiger partial charge on any atom is -0.454 e. The number of hydrogen-bond acceptors (Lipinski definition) is 4. The summed E-state index contributed by atoms with van der Waals surface area (Å²) in [4.78, 5) is 27.9. The highest BCUT2D eigenvalue weighted by atomic mass is 16.7. The van der Waals surface area contributed by atoms with Crippen LogP contribution in [-0.2, 0) is 12.8 Å². The molecule has 1 amide bonds. The van der Waals surface area contributed by atoms with E-state index in [1.54, 1.807) is 18.2 Å². The molecule has 6 nitrogen and oxygen atoms in total. The van der Waals surface area contributed by atoms with Gasteiger partial charge in [0.05, 0.1) is 5.52 Å². The van der Waals surface area contributed by atoms with Gasteiger partial charge in [-0.1, -0.05) is 6.07 Å². The molecule has 0 unspecified atom stereocenters. The number of amides is 1. The van der Waals surface area contributed by atoms with Crippen LogP contribution < -0.4 is 20.3 Å². The topological polar surface area (TPSA) is 80.4 Å². The standard InChI is InChI=1S/C21H18N2O4/c24-20(12-5-8-18-19(9-12)27-11-26-18)22-13-6-7-15-14-3-1-2-4-16(14)21(25)23-17(15)10-13/h5-10H,1-4,11H2,(H,22,24)(H,23,25). The first-order valence-corrected chi connectivity index (χ1v) is 9.08. The molecule has 5 rings (SSSR count). The summed E-state index contributed by atoms with van der Waals surface area (Å²) in [6.07, 6.45) is 3.93. The lowest BCUT2D eigenvalue weighted by Crippen LogP contribution is -2.19. The Balaban J connectivity index is 1.47. The highest BCUT2D eigenvalue weighted by molar-refractivity contribution is 6.05. The van der Waals surface area contributed by atoms with Gasteiger partial charge in [-0.2, -0.15) is 0 Å². The monoisotopic (exact) mass is 362 g/mol. The average Bonchev–Trinajstić information content (AvgIpc) is 3.16. The first-order chi connectivity index (χ1) is 13.2. The van der Waals surface area contributed by atoms with Crippen LogP contribution in [0.1, 0.15) is 34.3 Å². The quantitative estimate of drug-likeness (QED) is 0.732. The molecule has 2 N–H and O–H groups in total. The molecule has 3 aromatic rings. The molecule has 0 saturated heterocycles. The van der Waals surface area contributed by atoms with Gasteiger partial charge in [-0.05, 0) is 61.6 Å². The van der Waals surface area contributed by atoms with E-state index in [9.17, 15) is 9.59 Å². The molecule has 0 saturated carbocycles. The molecule has 0 radical (unpaired) electrons. The number of aryl methyl sites for hydroxylation is 1. The molecule has 2 aromatic carbocycles. The number of ether oxygens (including phenoxy) is 2. The van der Waals surface area contributed by atoms with Crippen LogP contribution in [0.4, 0.5) is 5.69 Å². The van der Waals surface area contributed by atoms with E-state index in [0.717, 1.165) is 47.7 Å². The van der Waals surface area contributed by atoms with Gasteiger partial charge in [-0.25, -0.2) is 0 Å². The number of aromatic amines is 1. The van der Waals surface area contributed by atoms with Crippen molar-refractivity contribution in [1.82, 2.24) is 4.98 Å². The molecule has 1 aromatic heterocycles. The van der Waals surface area contributed by atoms with Gasteiger partial charge >= 0.3 is 0 Å². The third-order valence-corrected chi connectivity index (χ3v) is 5.23. The van der Waals surface area contributed by atoms with Crippen LogP contribution in [0, 0.1) is 0 Å². The van der Waals surface area contributed by atoms with Gasteiger partial charge in [0, 0.05) is 22.2 Å². The van der Waals surface area contributed by atoms with E-state index < -0.39 is 0 Å². The van der Waals surface area contributed by atoms with Crippen molar-refractivity contribution < 1.29 is 14.3 Å². The second-order valence-electron chi connectivity index (χ2n) is 6.90. The number of carbonyl (C=O) groups excluding carboxylic acids is 1. The Morgan fingerprint density at radius 1 is 0.963 bits per heavy atom. The number of rotatable bonds is 2. The number of anilines is 1. The highest BCUT2D eigenvalue weighted by Gasteiger charge is 2.18. The fourth-order valence-corrected chi connectivity index (χ4v) is 3.88. The number of hydrogen-bond donors (Lipinski definition) is 2. The molecule has 0 bridgehead atoms. The van der Waals surface area contributed by atoms with Crippen molar-refractivity contribution in [2.45, 2.75) is 25.7 Å². The zero-order chi connectivity index (χ0) is 18.4. The maximum absolute atomic E-state index is 12.6. The van der Waals surface area contributed by atoms with Crippen molar-refractivity contribution in [3.63, 3.8) is 0 Å². The van der Waals surface area contributed by atoms with E-state index in [0.29, 0.717) is 22.7 Å². The third kappa shape index (κ3) is 2.73. The van der Waals surface area contributed by atoms with Gasteiger partial charge in [0.25, 0.3) is 11.5 Å². The Bertz CT molecular complexity index is 1130. The predicted molar refractivity (Wildman–Crippen MR) is 102 cm³/mol. The summed E-state index contributed by atoms with van der Waals surface area (Å²) in [5.74, 6) is 0.963. The molecule has 0 fully saturated rings. The van der Waals surface area contributed by atoms with Crippen LogP contribution >= 0.6 is 0 Å². The number of carbonyl (C=O) groups is 1. The highest BCUT2D eigenvalue weighted by Crippen LogP contribution is 2.33. The smallest absolute Gasteiger partial charge is 0.255 e. The van der Waals surface area contributed by atoms with Crippen LogP contribution in [0.25, 0.3) is 10.9 Å². The molecule has 6 heteroatoms. The van der Waals surface area contributed by atoms with Crippen molar-refractivity contribution in [3.05, 3.63) is 63.4 Å². The summed E-state index contributed by atoms with van der Waals surface area (Å²) in [6.45, 7) is 0.169. The summed E-state index contributed by atoms with van der Waals surface area (Å²) in [6, 6.07) is 10.8. The molecular weight excluding hydrogens is 344 g/mol. The average molecular weight is 362 g/mol. The number of fused-ring (bicyclic) bond motifs is 4. The Kier molecular flexibility index (Phi) is 3.63. The minimum absolute atomic E-state index is 0.0172. The summed E-state index contributed by atoms with van der Waals surface area (Å²) >= 11 is 0. The van der Waals surface area contributed by atoms with Crippen LogP contribution in [-0.4, -0.2) is 17.7 Å². The third-order valence-electron chi connectivity index (χ3n) is 5.23. The van der Waals surface area contributed by atoms with Gasteiger partial charge in [-0.3, -0.25) is 9.59 Å². The Hall–Kier alpha value is -3.28. The Morgan fingerprint density at radius 3 is 2.67 bits per heavy atom. The summed E-state index contributed by atoms with van der Waals surface area (Å²) in [7, 11) is 0. The Labute approximate surface area is 155 Å². The number of aromatic nitrogens is 1. The van der Waals surface area contributed by atoms with Crippen molar-refractivity contribution in [2.24, 2.45) is 0 Å². The minimum atomic E-state index is -0.243. The second-order valence-corrected chi connectivity index (χ2v) is 6.90. The van der Waals surface area contributed by atoms with Crippen molar-refractivity contribution in [3.8, 4) is 11.5 Å². The maximum Gasteiger partial charge on any atom is 0.255 e. The predicted octanol–water partition coefficient (Wildman–Crippen LogP) is 3.39.